The standard InChI is InChI=1S/C17H22N2O2/c1-4-16(2)6-7-17(3,12-18-10-8-16)13-21-14-5-9-19-15(20)11-14/h5-12H,4,13H2,1-3H3,(H,19,20)/b7-6-,10-8-,18-12?. The van der Waals surface area contributed by atoms with E-state index in [1.165, 1.54) is 6.07 Å². The molecular formula is C17H22N2O2. The first-order valence-corrected chi connectivity index (χ1v) is 7.19. The molecule has 1 aromatic rings. The summed E-state index contributed by atoms with van der Waals surface area (Å²) in [4.78, 5) is 18.2. The number of nitrogens with one attached hydrogen (secondary N) is 1. The Hall–Kier alpha value is -2.10. The van der Waals surface area contributed by atoms with Crippen LogP contribution in [0.2, 0.25) is 0 Å². The third kappa shape index (κ3) is 4.18. The molecule has 0 spiro atoms. The Balaban J connectivity index is 2.14. The number of aliphatic imine (C=N–C) groups is 1. The van der Waals surface area contributed by atoms with E-state index in [9.17, 15) is 4.79 Å². The van der Waals surface area contributed by atoms with Gasteiger partial charge in [-0.15, -0.1) is 0 Å². The van der Waals surface area contributed by atoms with Gasteiger partial charge in [-0.1, -0.05) is 32.1 Å². The highest BCUT2D eigenvalue weighted by atomic mass is 16.5. The predicted molar refractivity (Wildman–Crippen MR) is 85.8 cm³/mol. The Morgan fingerprint density at radius 1 is 1.24 bits per heavy atom. The normalized spacial score (nSPS) is 31.2. The average molecular weight is 286 g/mol. The van der Waals surface area contributed by atoms with Crippen LogP contribution in [0.1, 0.15) is 27.2 Å². The lowest BCUT2D eigenvalue weighted by molar-refractivity contribution is 0.256. The second-order valence-electron chi connectivity index (χ2n) is 5.97. The van der Waals surface area contributed by atoms with Crippen LogP contribution in [0.15, 0.2) is 52.5 Å². The summed E-state index contributed by atoms with van der Waals surface area (Å²) in [7, 11) is 0. The fourth-order valence-corrected chi connectivity index (χ4v) is 1.98. The monoisotopic (exact) mass is 286 g/mol. The molecule has 1 aromatic heterocycles. The van der Waals surface area contributed by atoms with Gasteiger partial charge in [-0.3, -0.25) is 9.79 Å². The molecule has 0 fully saturated rings. The van der Waals surface area contributed by atoms with Gasteiger partial charge in [-0.2, -0.15) is 0 Å². The fourth-order valence-electron chi connectivity index (χ4n) is 1.98. The maximum absolute atomic E-state index is 11.3. The Kier molecular flexibility index (Phi) is 4.46. The number of ether oxygens (including phenoxy) is 1. The van der Waals surface area contributed by atoms with Crippen molar-refractivity contribution in [1.82, 2.24) is 4.98 Å². The largest absolute Gasteiger partial charge is 0.492 e. The van der Waals surface area contributed by atoms with Gasteiger partial charge in [0, 0.05) is 30.1 Å². The minimum absolute atomic E-state index is 0.0168. The lowest BCUT2D eigenvalue weighted by Gasteiger charge is -2.26. The minimum Gasteiger partial charge on any atom is -0.492 e. The summed E-state index contributed by atoms with van der Waals surface area (Å²) in [5, 5.41) is 0. The van der Waals surface area contributed by atoms with Gasteiger partial charge in [0.15, 0.2) is 0 Å². The molecule has 0 amide bonds. The van der Waals surface area contributed by atoms with Gasteiger partial charge in [0.05, 0.1) is 5.41 Å². The number of hydrogen-bond acceptors (Lipinski definition) is 3. The number of pyridine rings is 1. The highest BCUT2D eigenvalue weighted by Gasteiger charge is 2.24. The molecule has 1 N–H and O–H groups in total. The number of rotatable bonds is 4. The van der Waals surface area contributed by atoms with Crippen molar-refractivity contribution in [2.24, 2.45) is 15.8 Å². The van der Waals surface area contributed by atoms with Crippen molar-refractivity contribution in [1.29, 1.82) is 0 Å². The van der Waals surface area contributed by atoms with Crippen LogP contribution in [0.5, 0.6) is 5.75 Å². The first-order valence-electron chi connectivity index (χ1n) is 7.19. The zero-order chi connectivity index (χ0) is 15.3. The fraction of sp³-hybridized carbons (Fsp3) is 0.412. The zero-order valence-corrected chi connectivity index (χ0v) is 12.8. The van der Waals surface area contributed by atoms with Crippen molar-refractivity contribution in [3.8, 4) is 5.75 Å². The first-order chi connectivity index (χ1) is 9.95. The van der Waals surface area contributed by atoms with Crippen molar-refractivity contribution in [3.63, 3.8) is 0 Å². The molecule has 0 saturated carbocycles. The quantitative estimate of drug-likeness (QED) is 0.863. The maximum Gasteiger partial charge on any atom is 0.251 e. The predicted octanol–water partition coefficient (Wildman–Crippen LogP) is 3.33. The number of hydrogen-bond donors (Lipinski definition) is 1. The van der Waals surface area contributed by atoms with Gasteiger partial charge in [-0.05, 0) is 19.4 Å². The maximum atomic E-state index is 11.3. The summed E-state index contributed by atoms with van der Waals surface area (Å²) in [6.07, 6.45) is 12.8. The van der Waals surface area contributed by atoms with Gasteiger partial charge in [0.25, 0.3) is 5.56 Å². The van der Waals surface area contributed by atoms with Gasteiger partial charge in [0.2, 0.25) is 0 Å². The molecule has 0 radical (unpaired) electrons. The Morgan fingerprint density at radius 2 is 2.00 bits per heavy atom. The van der Waals surface area contributed by atoms with Crippen LogP contribution in [0, 0.1) is 10.8 Å². The Bertz CT molecular complexity index is 630. The minimum atomic E-state index is -0.302. The van der Waals surface area contributed by atoms with E-state index in [2.05, 4.69) is 49.0 Å². The smallest absolute Gasteiger partial charge is 0.251 e. The summed E-state index contributed by atoms with van der Waals surface area (Å²) < 4.78 is 5.74. The van der Waals surface area contributed by atoms with Gasteiger partial charge in [0.1, 0.15) is 12.4 Å². The molecule has 2 atom stereocenters. The number of aromatic nitrogens is 1. The van der Waals surface area contributed by atoms with Crippen molar-refractivity contribution in [2.75, 3.05) is 6.61 Å². The molecule has 4 heteroatoms. The summed E-state index contributed by atoms with van der Waals surface area (Å²) in [6.45, 7) is 6.84. The number of H-pyrrole nitrogens is 1. The van der Waals surface area contributed by atoms with Crippen molar-refractivity contribution >= 4 is 6.21 Å². The first kappa shape index (κ1) is 15.3. The van der Waals surface area contributed by atoms with Crippen molar-refractivity contribution in [2.45, 2.75) is 27.2 Å². The molecule has 0 aliphatic carbocycles. The van der Waals surface area contributed by atoms with Crippen LogP contribution in [-0.4, -0.2) is 17.8 Å². The molecule has 0 bridgehead atoms. The van der Waals surface area contributed by atoms with Gasteiger partial charge < -0.3 is 9.72 Å². The average Bonchev–Trinajstić information content (AvgIpc) is 2.47. The second-order valence-corrected chi connectivity index (χ2v) is 5.97. The zero-order valence-electron chi connectivity index (χ0n) is 12.8. The third-order valence-electron chi connectivity index (χ3n) is 3.81. The SMILES string of the molecule is CCC1(C)/C=C\N=CC(C)(COc2cc[nH]c(=O)c2)/C=C\1. The Morgan fingerprint density at radius 3 is 2.71 bits per heavy atom. The molecule has 2 heterocycles. The molecule has 2 rings (SSSR count). The van der Waals surface area contributed by atoms with Crippen LogP contribution >= 0.6 is 0 Å². The molecule has 0 aromatic carbocycles. The topological polar surface area (TPSA) is 54.4 Å². The molecule has 0 saturated heterocycles. The molecule has 21 heavy (non-hydrogen) atoms. The summed E-state index contributed by atoms with van der Waals surface area (Å²) >= 11 is 0. The van der Waals surface area contributed by atoms with Gasteiger partial charge >= 0.3 is 0 Å². The van der Waals surface area contributed by atoms with E-state index < -0.39 is 0 Å². The van der Waals surface area contributed by atoms with E-state index in [0.29, 0.717) is 12.4 Å². The molecule has 2 unspecified atom stereocenters. The van der Waals surface area contributed by atoms with Crippen LogP contribution in [-0.2, 0) is 0 Å². The summed E-state index contributed by atoms with van der Waals surface area (Å²) in [6, 6.07) is 3.19. The number of aromatic amines is 1. The van der Waals surface area contributed by atoms with Crippen LogP contribution in [0.4, 0.5) is 0 Å². The molecule has 1 aliphatic heterocycles. The lowest BCUT2D eigenvalue weighted by atomic mass is 9.82. The second kappa shape index (κ2) is 6.12. The molecule has 4 nitrogen and oxygen atoms in total. The van der Waals surface area contributed by atoms with E-state index in [1.54, 1.807) is 12.3 Å². The summed E-state index contributed by atoms with van der Waals surface area (Å²) in [5.74, 6) is 0.567. The van der Waals surface area contributed by atoms with E-state index in [-0.39, 0.29) is 16.4 Å². The lowest BCUT2D eigenvalue weighted by Crippen LogP contribution is -2.26. The Labute approximate surface area is 125 Å². The van der Waals surface area contributed by atoms with Crippen molar-refractivity contribution < 1.29 is 4.74 Å². The van der Waals surface area contributed by atoms with Gasteiger partial charge in [-0.25, -0.2) is 0 Å². The highest BCUT2D eigenvalue weighted by Crippen LogP contribution is 2.29. The molecular weight excluding hydrogens is 264 g/mol. The third-order valence-corrected chi connectivity index (χ3v) is 3.81. The van der Waals surface area contributed by atoms with Crippen LogP contribution in [0.25, 0.3) is 0 Å². The number of nitrogens with zero attached hydrogens (tertiary/aromatic N) is 1. The molecule has 1 aliphatic rings. The van der Waals surface area contributed by atoms with Crippen molar-refractivity contribution in [3.05, 3.63) is 53.1 Å². The van der Waals surface area contributed by atoms with E-state index in [0.717, 1.165) is 6.42 Å². The highest BCUT2D eigenvalue weighted by molar-refractivity contribution is 5.69. The summed E-state index contributed by atoms with van der Waals surface area (Å²) in [5.41, 5.74) is -0.451. The van der Waals surface area contributed by atoms with Crippen LogP contribution in [0.3, 0.4) is 0 Å². The van der Waals surface area contributed by atoms with E-state index >= 15 is 0 Å². The van der Waals surface area contributed by atoms with E-state index in [1.807, 2.05) is 12.4 Å². The molecule has 112 valence electrons. The van der Waals surface area contributed by atoms with E-state index in [4.69, 9.17) is 4.74 Å². The van der Waals surface area contributed by atoms with Crippen LogP contribution < -0.4 is 10.3 Å². The number of allylic oxidation sites excluding steroid dienone is 2.